The second-order valence-electron chi connectivity index (χ2n) is 6.99. The van der Waals surface area contributed by atoms with Crippen molar-refractivity contribution in [2.75, 3.05) is 20.3 Å². The number of hydrogen-bond donors (Lipinski definition) is 1. The van der Waals surface area contributed by atoms with Crippen LogP contribution in [0.3, 0.4) is 0 Å². The van der Waals surface area contributed by atoms with Gasteiger partial charge in [-0.05, 0) is 60.0 Å². The minimum atomic E-state index is -0.372. The van der Waals surface area contributed by atoms with E-state index in [2.05, 4.69) is 22.7 Å². The van der Waals surface area contributed by atoms with Crippen LogP contribution in [0, 0.1) is 6.92 Å². The summed E-state index contributed by atoms with van der Waals surface area (Å²) in [5, 5.41) is 4.59. The first kappa shape index (κ1) is 23.2. The summed E-state index contributed by atoms with van der Waals surface area (Å²) >= 11 is 5.92. The second kappa shape index (κ2) is 11.8. The maximum atomic E-state index is 12.0. The Hall–Kier alpha value is -3.51. The minimum Gasteiger partial charge on any atom is -0.493 e. The van der Waals surface area contributed by atoms with Gasteiger partial charge >= 0.3 is 0 Å². The highest BCUT2D eigenvalue weighted by Crippen LogP contribution is 2.27. The molecule has 0 fully saturated rings. The lowest BCUT2D eigenvalue weighted by atomic mass is 10.2. The van der Waals surface area contributed by atoms with Crippen LogP contribution in [-0.4, -0.2) is 32.4 Å². The van der Waals surface area contributed by atoms with Gasteiger partial charge in [-0.25, -0.2) is 5.43 Å². The fourth-order valence-corrected chi connectivity index (χ4v) is 3.16. The van der Waals surface area contributed by atoms with Gasteiger partial charge in [0.15, 0.2) is 18.1 Å². The van der Waals surface area contributed by atoms with E-state index in [1.165, 1.54) is 11.8 Å². The zero-order valence-electron chi connectivity index (χ0n) is 18.0. The van der Waals surface area contributed by atoms with E-state index in [9.17, 15) is 4.79 Å². The zero-order valence-corrected chi connectivity index (χ0v) is 18.8. The van der Waals surface area contributed by atoms with E-state index in [1.807, 2.05) is 37.3 Å². The lowest BCUT2D eigenvalue weighted by molar-refractivity contribution is -0.123. The Balaban J connectivity index is 1.48. The van der Waals surface area contributed by atoms with Gasteiger partial charge in [0.25, 0.3) is 5.91 Å². The summed E-state index contributed by atoms with van der Waals surface area (Å²) in [5.74, 6) is 1.47. The van der Waals surface area contributed by atoms with E-state index in [0.29, 0.717) is 28.9 Å². The van der Waals surface area contributed by atoms with Crippen LogP contribution in [0.5, 0.6) is 17.2 Å². The molecule has 0 spiro atoms. The smallest absolute Gasteiger partial charge is 0.277 e. The summed E-state index contributed by atoms with van der Waals surface area (Å²) in [4.78, 5) is 12.0. The molecule has 0 saturated heterocycles. The average Bonchev–Trinajstić information content (AvgIpc) is 2.80. The molecule has 0 heterocycles. The fourth-order valence-electron chi connectivity index (χ4n) is 2.94. The summed E-state index contributed by atoms with van der Waals surface area (Å²) in [7, 11) is 1.58. The molecule has 0 aliphatic heterocycles. The van der Waals surface area contributed by atoms with Gasteiger partial charge in [-0.2, -0.15) is 5.10 Å². The molecule has 0 atom stereocenters. The molecule has 166 valence electrons. The standard InChI is InChI=1S/C25H25ClN2O4/c1-18-14-21(26)9-11-22(18)32-17-25(29)28-27-16-20-8-10-23(24(15-20)30-2)31-13-12-19-6-4-3-5-7-19/h3-11,14-16H,12-13,17H2,1-2H3,(H,28,29)/b27-16+. The quantitative estimate of drug-likeness (QED) is 0.354. The molecule has 0 unspecified atom stereocenters. The van der Waals surface area contributed by atoms with Crippen molar-refractivity contribution in [2.24, 2.45) is 5.10 Å². The number of nitrogens with one attached hydrogen (secondary N) is 1. The predicted octanol–water partition coefficient (Wildman–Crippen LogP) is 4.81. The van der Waals surface area contributed by atoms with Crippen molar-refractivity contribution in [1.82, 2.24) is 5.43 Å². The second-order valence-corrected chi connectivity index (χ2v) is 7.42. The van der Waals surface area contributed by atoms with Crippen LogP contribution in [-0.2, 0) is 11.2 Å². The molecule has 0 aliphatic carbocycles. The van der Waals surface area contributed by atoms with Crippen molar-refractivity contribution in [3.63, 3.8) is 0 Å². The van der Waals surface area contributed by atoms with Gasteiger partial charge in [-0.3, -0.25) is 4.79 Å². The zero-order chi connectivity index (χ0) is 22.8. The molecule has 0 aliphatic rings. The van der Waals surface area contributed by atoms with Crippen LogP contribution in [0.1, 0.15) is 16.7 Å². The third kappa shape index (κ3) is 7.03. The molecule has 3 aromatic carbocycles. The summed E-state index contributed by atoms with van der Waals surface area (Å²) in [6, 6.07) is 20.8. The summed E-state index contributed by atoms with van der Waals surface area (Å²) in [6.07, 6.45) is 2.33. The monoisotopic (exact) mass is 452 g/mol. The van der Waals surface area contributed by atoms with Gasteiger partial charge in [-0.15, -0.1) is 0 Å². The molecule has 0 saturated carbocycles. The Morgan fingerprint density at radius 2 is 1.78 bits per heavy atom. The van der Waals surface area contributed by atoms with Crippen LogP contribution < -0.4 is 19.6 Å². The third-order valence-corrected chi connectivity index (χ3v) is 4.81. The molecule has 0 aromatic heterocycles. The number of carbonyl (C=O) groups is 1. The third-order valence-electron chi connectivity index (χ3n) is 4.58. The highest BCUT2D eigenvalue weighted by molar-refractivity contribution is 6.30. The van der Waals surface area contributed by atoms with Gasteiger partial charge in [0, 0.05) is 11.4 Å². The highest BCUT2D eigenvalue weighted by atomic mass is 35.5. The number of aryl methyl sites for hydroxylation is 1. The molecule has 32 heavy (non-hydrogen) atoms. The van der Waals surface area contributed by atoms with Crippen molar-refractivity contribution < 1.29 is 19.0 Å². The summed E-state index contributed by atoms with van der Waals surface area (Å²) in [6.45, 7) is 2.24. The first-order valence-corrected chi connectivity index (χ1v) is 10.5. The van der Waals surface area contributed by atoms with E-state index in [1.54, 1.807) is 31.4 Å². The van der Waals surface area contributed by atoms with Gasteiger partial charge in [0.2, 0.25) is 0 Å². The number of halogens is 1. The van der Waals surface area contributed by atoms with Crippen LogP contribution in [0.2, 0.25) is 5.02 Å². The minimum absolute atomic E-state index is 0.155. The lowest BCUT2D eigenvalue weighted by Gasteiger charge is -2.11. The van der Waals surface area contributed by atoms with Gasteiger partial charge in [-0.1, -0.05) is 41.9 Å². The Kier molecular flexibility index (Phi) is 8.52. The SMILES string of the molecule is COc1cc(/C=N/NC(=O)COc2ccc(Cl)cc2C)ccc1OCCc1ccccc1. The number of carbonyl (C=O) groups excluding carboxylic acids is 1. The van der Waals surface area contributed by atoms with E-state index in [0.717, 1.165) is 17.5 Å². The lowest BCUT2D eigenvalue weighted by Crippen LogP contribution is -2.24. The number of hydrazone groups is 1. The molecule has 7 heteroatoms. The first-order chi connectivity index (χ1) is 15.5. The molecular weight excluding hydrogens is 428 g/mol. The maximum absolute atomic E-state index is 12.0. The number of methoxy groups -OCH3 is 1. The van der Waals surface area contributed by atoms with Gasteiger partial charge in [0.1, 0.15) is 5.75 Å². The number of hydrogen-bond acceptors (Lipinski definition) is 5. The predicted molar refractivity (Wildman–Crippen MR) is 126 cm³/mol. The van der Waals surface area contributed by atoms with E-state index in [4.69, 9.17) is 25.8 Å². The molecule has 6 nitrogen and oxygen atoms in total. The van der Waals surface area contributed by atoms with E-state index in [-0.39, 0.29) is 12.5 Å². The average molecular weight is 453 g/mol. The number of benzene rings is 3. The first-order valence-electron chi connectivity index (χ1n) is 10.1. The number of ether oxygens (including phenoxy) is 3. The number of rotatable bonds is 10. The van der Waals surface area contributed by atoms with Crippen molar-refractivity contribution >= 4 is 23.7 Å². The van der Waals surface area contributed by atoms with Crippen LogP contribution in [0.4, 0.5) is 0 Å². The topological polar surface area (TPSA) is 69.2 Å². The van der Waals surface area contributed by atoms with Crippen LogP contribution >= 0.6 is 11.6 Å². The Labute approximate surface area is 192 Å². The largest absolute Gasteiger partial charge is 0.493 e. The number of amides is 1. The maximum Gasteiger partial charge on any atom is 0.277 e. The van der Waals surface area contributed by atoms with Crippen molar-refractivity contribution in [3.8, 4) is 17.2 Å². The van der Waals surface area contributed by atoms with Gasteiger partial charge < -0.3 is 14.2 Å². The molecule has 0 bridgehead atoms. The molecule has 1 N–H and O–H groups in total. The Morgan fingerprint density at radius 1 is 1.00 bits per heavy atom. The van der Waals surface area contributed by atoms with Crippen molar-refractivity contribution in [2.45, 2.75) is 13.3 Å². The molecule has 3 rings (SSSR count). The molecule has 3 aromatic rings. The summed E-state index contributed by atoms with van der Waals surface area (Å²) in [5.41, 5.74) is 5.26. The van der Waals surface area contributed by atoms with Crippen molar-refractivity contribution in [3.05, 3.63) is 88.4 Å². The Morgan fingerprint density at radius 3 is 2.53 bits per heavy atom. The molecular formula is C25H25ClN2O4. The summed E-state index contributed by atoms with van der Waals surface area (Å²) < 4.78 is 16.8. The fraction of sp³-hybridized carbons (Fsp3) is 0.200. The van der Waals surface area contributed by atoms with E-state index < -0.39 is 0 Å². The van der Waals surface area contributed by atoms with Crippen LogP contribution in [0.15, 0.2) is 71.8 Å². The molecule has 1 amide bonds. The normalized spacial score (nSPS) is 10.7. The Bertz CT molecular complexity index is 1070. The highest BCUT2D eigenvalue weighted by Gasteiger charge is 2.07. The van der Waals surface area contributed by atoms with Gasteiger partial charge in [0.05, 0.1) is 19.9 Å². The van der Waals surface area contributed by atoms with E-state index >= 15 is 0 Å². The molecule has 0 radical (unpaired) electrons. The van der Waals surface area contributed by atoms with Crippen LogP contribution in [0.25, 0.3) is 0 Å². The number of nitrogens with zero attached hydrogens (tertiary/aromatic N) is 1. The van der Waals surface area contributed by atoms with Crippen molar-refractivity contribution in [1.29, 1.82) is 0 Å².